The highest BCUT2D eigenvalue weighted by atomic mass is 32.1. The van der Waals surface area contributed by atoms with E-state index in [0.29, 0.717) is 11.7 Å². The van der Waals surface area contributed by atoms with E-state index >= 15 is 0 Å². The second-order valence-corrected chi connectivity index (χ2v) is 7.02. The third kappa shape index (κ3) is 5.14. The van der Waals surface area contributed by atoms with Crippen LogP contribution in [-0.4, -0.2) is 31.1 Å². The van der Waals surface area contributed by atoms with Crippen molar-refractivity contribution < 1.29 is 14.1 Å². The second kappa shape index (κ2) is 9.09. The molecule has 0 amide bonds. The SMILES string of the molecule is Nc1nc(COC(=O)CCc2nc(-c3cccs3)no2)nc(Nc2ccccc2)n1. The van der Waals surface area contributed by atoms with Crippen LogP contribution < -0.4 is 11.1 Å². The number of nitrogens with two attached hydrogens (primary N) is 1. The van der Waals surface area contributed by atoms with E-state index in [1.165, 1.54) is 11.3 Å². The van der Waals surface area contributed by atoms with Gasteiger partial charge < -0.3 is 20.3 Å². The van der Waals surface area contributed by atoms with Gasteiger partial charge in [0.1, 0.15) is 0 Å². The molecule has 4 rings (SSSR count). The van der Waals surface area contributed by atoms with Crippen LogP contribution in [-0.2, 0) is 22.6 Å². The van der Waals surface area contributed by atoms with Crippen LogP contribution in [0.25, 0.3) is 10.7 Å². The number of carbonyl (C=O) groups excluding carboxylic acids is 1. The zero-order valence-corrected chi connectivity index (χ0v) is 16.5. The number of para-hydroxylation sites is 1. The molecular formula is C19H17N7O3S. The summed E-state index contributed by atoms with van der Waals surface area (Å²) in [6.45, 7) is -0.126. The number of carbonyl (C=O) groups is 1. The summed E-state index contributed by atoms with van der Waals surface area (Å²) >= 11 is 1.51. The van der Waals surface area contributed by atoms with Gasteiger partial charge in [-0.15, -0.1) is 11.3 Å². The predicted molar refractivity (Wildman–Crippen MR) is 110 cm³/mol. The lowest BCUT2D eigenvalue weighted by Gasteiger charge is -2.07. The van der Waals surface area contributed by atoms with Gasteiger partial charge >= 0.3 is 5.97 Å². The molecule has 3 aromatic heterocycles. The van der Waals surface area contributed by atoms with E-state index in [9.17, 15) is 4.79 Å². The summed E-state index contributed by atoms with van der Waals surface area (Å²) in [7, 11) is 0. The number of nitrogens with one attached hydrogen (secondary N) is 1. The quantitative estimate of drug-likeness (QED) is 0.406. The molecule has 11 heteroatoms. The smallest absolute Gasteiger partial charge is 0.306 e. The molecule has 0 bridgehead atoms. The molecule has 0 aliphatic rings. The summed E-state index contributed by atoms with van der Waals surface area (Å²) in [5.74, 6) is 0.976. The summed E-state index contributed by atoms with van der Waals surface area (Å²) in [6.07, 6.45) is 0.360. The maximum atomic E-state index is 12.1. The van der Waals surface area contributed by atoms with Crippen molar-refractivity contribution in [3.63, 3.8) is 0 Å². The van der Waals surface area contributed by atoms with E-state index in [1.54, 1.807) is 0 Å². The van der Waals surface area contributed by atoms with Gasteiger partial charge in [-0.25, -0.2) is 0 Å². The zero-order chi connectivity index (χ0) is 20.8. The molecule has 0 atom stereocenters. The molecule has 3 N–H and O–H groups in total. The van der Waals surface area contributed by atoms with Crippen LogP contribution in [0.3, 0.4) is 0 Å². The number of anilines is 3. The fourth-order valence-corrected chi connectivity index (χ4v) is 3.15. The highest BCUT2D eigenvalue weighted by Crippen LogP contribution is 2.21. The predicted octanol–water partition coefficient (Wildman–Crippen LogP) is 2.98. The standard InChI is InChI=1S/C19H17N7O3S/c20-18-22-14(23-19(25-18)21-12-5-2-1-3-6-12)11-28-16(27)9-8-15-24-17(26-29-15)13-7-4-10-30-13/h1-7,10H,8-9,11H2,(H3,20,21,22,23,25). The number of hydrogen-bond donors (Lipinski definition) is 2. The summed E-state index contributed by atoms with van der Waals surface area (Å²) in [5.41, 5.74) is 6.53. The number of nitrogens with zero attached hydrogens (tertiary/aromatic N) is 5. The van der Waals surface area contributed by atoms with Gasteiger partial charge in [0.15, 0.2) is 12.4 Å². The second-order valence-electron chi connectivity index (χ2n) is 6.07. The van der Waals surface area contributed by atoms with Gasteiger partial charge in [-0.3, -0.25) is 4.79 Å². The first-order valence-corrected chi connectivity index (χ1v) is 9.88. The average Bonchev–Trinajstić information content (AvgIpc) is 3.43. The number of aromatic nitrogens is 5. The number of nitrogen functional groups attached to an aromatic ring is 1. The zero-order valence-electron chi connectivity index (χ0n) is 15.7. The molecule has 0 aliphatic heterocycles. The van der Waals surface area contributed by atoms with Crippen molar-refractivity contribution in [3.05, 3.63) is 59.6 Å². The molecular weight excluding hydrogens is 406 g/mol. The number of benzene rings is 1. The fourth-order valence-electron chi connectivity index (χ4n) is 2.50. The van der Waals surface area contributed by atoms with Crippen molar-refractivity contribution in [1.82, 2.24) is 25.1 Å². The van der Waals surface area contributed by atoms with Crippen molar-refractivity contribution in [2.45, 2.75) is 19.4 Å². The Balaban J connectivity index is 1.29. The Morgan fingerprint density at radius 3 is 2.77 bits per heavy atom. The minimum atomic E-state index is -0.442. The Labute approximate surface area is 175 Å². The van der Waals surface area contributed by atoms with E-state index in [-0.39, 0.29) is 37.2 Å². The van der Waals surface area contributed by atoms with E-state index < -0.39 is 5.97 Å². The topological polar surface area (TPSA) is 142 Å². The lowest BCUT2D eigenvalue weighted by atomic mass is 10.3. The Kier molecular flexibility index (Phi) is 5.90. The molecule has 0 radical (unpaired) electrons. The molecule has 0 fully saturated rings. The molecule has 4 aromatic rings. The first-order chi connectivity index (χ1) is 14.7. The Bertz CT molecular complexity index is 1120. The highest BCUT2D eigenvalue weighted by molar-refractivity contribution is 7.13. The fraction of sp³-hybridized carbons (Fsp3) is 0.158. The van der Waals surface area contributed by atoms with Crippen LogP contribution in [0.2, 0.25) is 0 Å². The van der Waals surface area contributed by atoms with Gasteiger partial charge in [0.05, 0.1) is 11.3 Å². The van der Waals surface area contributed by atoms with Crippen LogP contribution in [0.1, 0.15) is 18.1 Å². The van der Waals surface area contributed by atoms with E-state index in [2.05, 4.69) is 30.4 Å². The largest absolute Gasteiger partial charge is 0.457 e. The molecule has 0 saturated heterocycles. The van der Waals surface area contributed by atoms with Crippen LogP contribution in [0.5, 0.6) is 0 Å². The van der Waals surface area contributed by atoms with Gasteiger partial charge in [0.25, 0.3) is 0 Å². The minimum absolute atomic E-state index is 0.0291. The van der Waals surface area contributed by atoms with Crippen molar-refractivity contribution in [3.8, 4) is 10.7 Å². The van der Waals surface area contributed by atoms with E-state index in [4.69, 9.17) is 15.0 Å². The number of thiophene rings is 1. The summed E-state index contributed by atoms with van der Waals surface area (Å²) < 4.78 is 10.4. The van der Waals surface area contributed by atoms with Gasteiger partial charge in [-0.2, -0.15) is 19.9 Å². The summed E-state index contributed by atoms with van der Waals surface area (Å²) in [5, 5.41) is 8.86. The van der Waals surface area contributed by atoms with Gasteiger partial charge in [-0.05, 0) is 23.6 Å². The molecule has 0 aliphatic carbocycles. The Morgan fingerprint density at radius 1 is 1.10 bits per heavy atom. The minimum Gasteiger partial charge on any atom is -0.457 e. The Hall–Kier alpha value is -3.86. The van der Waals surface area contributed by atoms with Crippen LogP contribution in [0, 0.1) is 0 Å². The number of aryl methyl sites for hydroxylation is 1. The average molecular weight is 423 g/mol. The molecule has 0 saturated carbocycles. The maximum absolute atomic E-state index is 12.1. The molecule has 1 aromatic carbocycles. The molecule has 152 valence electrons. The Morgan fingerprint density at radius 2 is 1.97 bits per heavy atom. The number of esters is 1. The van der Waals surface area contributed by atoms with E-state index in [0.717, 1.165) is 10.6 Å². The first kappa shape index (κ1) is 19.5. The molecule has 0 spiro atoms. The van der Waals surface area contributed by atoms with E-state index in [1.807, 2.05) is 47.8 Å². The third-order valence-electron chi connectivity index (χ3n) is 3.84. The molecule has 10 nitrogen and oxygen atoms in total. The number of hydrogen-bond acceptors (Lipinski definition) is 11. The van der Waals surface area contributed by atoms with Gasteiger partial charge in [-0.1, -0.05) is 29.4 Å². The lowest BCUT2D eigenvalue weighted by molar-refractivity contribution is -0.145. The summed E-state index contributed by atoms with van der Waals surface area (Å²) in [6, 6.07) is 13.2. The third-order valence-corrected chi connectivity index (χ3v) is 4.71. The van der Waals surface area contributed by atoms with Crippen molar-refractivity contribution in [2.24, 2.45) is 0 Å². The maximum Gasteiger partial charge on any atom is 0.306 e. The van der Waals surface area contributed by atoms with Crippen molar-refractivity contribution in [2.75, 3.05) is 11.1 Å². The van der Waals surface area contributed by atoms with Crippen molar-refractivity contribution >= 4 is 34.9 Å². The van der Waals surface area contributed by atoms with Crippen LogP contribution in [0.4, 0.5) is 17.6 Å². The normalized spacial score (nSPS) is 10.7. The molecule has 30 heavy (non-hydrogen) atoms. The highest BCUT2D eigenvalue weighted by Gasteiger charge is 2.13. The van der Waals surface area contributed by atoms with Gasteiger partial charge in [0.2, 0.25) is 23.6 Å². The number of rotatable bonds is 8. The molecule has 0 unspecified atom stereocenters. The van der Waals surface area contributed by atoms with Crippen molar-refractivity contribution in [1.29, 1.82) is 0 Å². The van der Waals surface area contributed by atoms with Crippen LogP contribution in [0.15, 0.2) is 52.4 Å². The van der Waals surface area contributed by atoms with Crippen LogP contribution >= 0.6 is 11.3 Å². The monoisotopic (exact) mass is 423 g/mol. The van der Waals surface area contributed by atoms with Gasteiger partial charge in [0, 0.05) is 12.1 Å². The molecule has 3 heterocycles. The first-order valence-electron chi connectivity index (χ1n) is 9.00. The number of ether oxygens (including phenoxy) is 1. The summed E-state index contributed by atoms with van der Waals surface area (Å²) in [4.78, 5) is 29.5. The lowest BCUT2D eigenvalue weighted by Crippen LogP contribution is -2.11.